The van der Waals surface area contributed by atoms with Gasteiger partial charge in [-0.3, -0.25) is 0 Å². The molecule has 0 heteroatoms. The molecule has 3 rings (SSSR count). The molecule has 0 heterocycles. The Morgan fingerprint density at radius 2 is 1.65 bits per heavy atom. The summed E-state index contributed by atoms with van der Waals surface area (Å²) in [4.78, 5) is 0. The van der Waals surface area contributed by atoms with Gasteiger partial charge in [0.25, 0.3) is 0 Å². The minimum absolute atomic E-state index is 0.551. The predicted octanol–water partition coefficient (Wildman–Crippen LogP) is 5.42. The van der Waals surface area contributed by atoms with Crippen molar-refractivity contribution >= 4 is 0 Å². The maximum Gasteiger partial charge on any atom is -0.0266 e. The van der Waals surface area contributed by atoms with Gasteiger partial charge in [-0.15, -0.1) is 0 Å². The Bertz CT molecular complexity index is 275. The van der Waals surface area contributed by atoms with Gasteiger partial charge < -0.3 is 0 Å². The second-order valence-electron chi connectivity index (χ2n) is 8.44. The fourth-order valence-corrected chi connectivity index (χ4v) is 5.45. The average Bonchev–Trinajstić information content (AvgIpc) is 2.50. The SMILES string of the molecule is CC(C)(C)C1CCC2(CC1)CC1CCCC2C1. The van der Waals surface area contributed by atoms with E-state index in [1.54, 1.807) is 44.9 Å². The van der Waals surface area contributed by atoms with Crippen LogP contribution < -0.4 is 0 Å². The van der Waals surface area contributed by atoms with Gasteiger partial charge in [0.2, 0.25) is 0 Å². The molecule has 0 amide bonds. The summed E-state index contributed by atoms with van der Waals surface area (Å²) in [5, 5.41) is 0. The van der Waals surface area contributed by atoms with Crippen molar-refractivity contribution in [1.82, 2.24) is 0 Å². The van der Waals surface area contributed by atoms with E-state index in [0.29, 0.717) is 5.41 Å². The molecule has 0 aromatic rings. The van der Waals surface area contributed by atoms with E-state index in [9.17, 15) is 0 Å². The van der Waals surface area contributed by atoms with Crippen molar-refractivity contribution in [3.63, 3.8) is 0 Å². The molecule has 0 aromatic heterocycles. The van der Waals surface area contributed by atoms with Crippen LogP contribution in [0.1, 0.15) is 78.6 Å². The first-order valence-corrected chi connectivity index (χ1v) is 8.00. The van der Waals surface area contributed by atoms with Crippen molar-refractivity contribution in [2.24, 2.45) is 28.6 Å². The molecule has 3 fully saturated rings. The van der Waals surface area contributed by atoms with Gasteiger partial charge in [-0.1, -0.05) is 33.6 Å². The minimum atomic E-state index is 0.551. The lowest BCUT2D eigenvalue weighted by Crippen LogP contribution is -2.34. The molecule has 0 N–H and O–H groups in total. The molecule has 0 saturated heterocycles. The zero-order valence-electron chi connectivity index (χ0n) is 12.1. The van der Waals surface area contributed by atoms with Crippen LogP contribution in [-0.2, 0) is 0 Å². The van der Waals surface area contributed by atoms with E-state index < -0.39 is 0 Å². The van der Waals surface area contributed by atoms with Crippen molar-refractivity contribution in [3.8, 4) is 0 Å². The van der Waals surface area contributed by atoms with Crippen LogP contribution in [0.2, 0.25) is 0 Å². The van der Waals surface area contributed by atoms with Gasteiger partial charge in [-0.05, 0) is 73.5 Å². The average molecular weight is 234 g/mol. The summed E-state index contributed by atoms with van der Waals surface area (Å²) in [5.41, 5.74) is 1.37. The van der Waals surface area contributed by atoms with Crippen molar-refractivity contribution < 1.29 is 0 Å². The topological polar surface area (TPSA) is 0 Å². The van der Waals surface area contributed by atoms with Gasteiger partial charge in [0, 0.05) is 0 Å². The Balaban J connectivity index is 1.68. The van der Waals surface area contributed by atoms with Crippen LogP contribution in [0.25, 0.3) is 0 Å². The van der Waals surface area contributed by atoms with Crippen molar-refractivity contribution in [2.45, 2.75) is 78.6 Å². The quantitative estimate of drug-likeness (QED) is 0.525. The second-order valence-corrected chi connectivity index (χ2v) is 8.44. The lowest BCUT2D eigenvalue weighted by Gasteiger charge is -2.45. The lowest BCUT2D eigenvalue weighted by molar-refractivity contribution is 0.0557. The van der Waals surface area contributed by atoms with Gasteiger partial charge >= 0.3 is 0 Å². The van der Waals surface area contributed by atoms with Gasteiger partial charge in [0.05, 0.1) is 0 Å². The number of rotatable bonds is 0. The summed E-state index contributed by atoms with van der Waals surface area (Å²) in [7, 11) is 0. The molecule has 1 spiro atoms. The van der Waals surface area contributed by atoms with E-state index in [4.69, 9.17) is 0 Å². The van der Waals surface area contributed by atoms with Gasteiger partial charge in [0.15, 0.2) is 0 Å². The van der Waals surface area contributed by atoms with Gasteiger partial charge in [-0.25, -0.2) is 0 Å². The van der Waals surface area contributed by atoms with Crippen LogP contribution in [-0.4, -0.2) is 0 Å². The molecular weight excluding hydrogens is 204 g/mol. The van der Waals surface area contributed by atoms with Crippen LogP contribution in [0.5, 0.6) is 0 Å². The molecule has 0 nitrogen and oxygen atoms in total. The highest BCUT2D eigenvalue weighted by molar-refractivity contribution is 5.01. The number of fused-ring (bicyclic) bond motifs is 3. The molecule has 0 aliphatic heterocycles. The maximum absolute atomic E-state index is 2.45. The van der Waals surface area contributed by atoms with Gasteiger partial charge in [-0.2, -0.15) is 0 Å². The molecular formula is C17H30. The molecule has 3 saturated carbocycles. The summed E-state index contributed by atoms with van der Waals surface area (Å²) in [6.07, 6.45) is 14.0. The molecule has 0 aromatic carbocycles. The van der Waals surface area contributed by atoms with E-state index in [0.717, 1.165) is 23.2 Å². The molecule has 2 unspecified atom stereocenters. The lowest BCUT2D eigenvalue weighted by atomic mass is 9.60. The Kier molecular flexibility index (Phi) is 2.84. The Morgan fingerprint density at radius 3 is 2.24 bits per heavy atom. The maximum atomic E-state index is 2.45. The largest absolute Gasteiger partial charge is 0.0599 e. The second kappa shape index (κ2) is 4.00. The highest BCUT2D eigenvalue weighted by Crippen LogP contribution is 2.61. The monoisotopic (exact) mass is 234 g/mol. The predicted molar refractivity (Wildman–Crippen MR) is 73.9 cm³/mol. The first-order valence-electron chi connectivity index (χ1n) is 8.00. The van der Waals surface area contributed by atoms with E-state index >= 15 is 0 Å². The summed E-state index contributed by atoms with van der Waals surface area (Å²) < 4.78 is 0. The minimum Gasteiger partial charge on any atom is -0.0599 e. The Morgan fingerprint density at radius 1 is 0.941 bits per heavy atom. The van der Waals surface area contributed by atoms with E-state index in [1.807, 2.05) is 0 Å². The molecule has 3 aliphatic carbocycles. The number of hydrogen-bond acceptors (Lipinski definition) is 0. The fourth-order valence-electron chi connectivity index (χ4n) is 5.45. The zero-order valence-corrected chi connectivity index (χ0v) is 12.1. The van der Waals surface area contributed by atoms with E-state index in [2.05, 4.69) is 20.8 Å². The first-order chi connectivity index (χ1) is 8.00. The van der Waals surface area contributed by atoms with Crippen molar-refractivity contribution in [1.29, 1.82) is 0 Å². The third-order valence-corrected chi connectivity index (χ3v) is 6.55. The van der Waals surface area contributed by atoms with Crippen LogP contribution in [0.3, 0.4) is 0 Å². The van der Waals surface area contributed by atoms with Crippen LogP contribution in [0, 0.1) is 28.6 Å². The molecule has 0 radical (unpaired) electrons. The third kappa shape index (κ3) is 2.06. The Labute approximate surface area is 108 Å². The van der Waals surface area contributed by atoms with Crippen LogP contribution in [0.15, 0.2) is 0 Å². The van der Waals surface area contributed by atoms with E-state index in [-0.39, 0.29) is 0 Å². The number of hydrogen-bond donors (Lipinski definition) is 0. The zero-order chi connectivity index (χ0) is 12.1. The van der Waals surface area contributed by atoms with Gasteiger partial charge in [0.1, 0.15) is 0 Å². The highest BCUT2D eigenvalue weighted by atomic mass is 14.6. The molecule has 2 atom stereocenters. The van der Waals surface area contributed by atoms with Crippen molar-refractivity contribution in [3.05, 3.63) is 0 Å². The Hall–Kier alpha value is 0. The summed E-state index contributed by atoms with van der Waals surface area (Å²) in [6.45, 7) is 7.34. The van der Waals surface area contributed by atoms with E-state index in [1.165, 1.54) is 12.8 Å². The smallest absolute Gasteiger partial charge is 0.0266 e. The molecule has 3 aliphatic rings. The summed E-state index contributed by atoms with van der Waals surface area (Å²) >= 11 is 0. The molecule has 98 valence electrons. The molecule has 17 heavy (non-hydrogen) atoms. The summed E-state index contributed by atoms with van der Waals surface area (Å²) in [5.74, 6) is 3.25. The standard InChI is InChI=1S/C17H30/c1-16(2,3)14-7-9-17(10-8-14)12-13-5-4-6-15(17)11-13/h13-15H,4-12H2,1-3H3. The normalized spacial score (nSPS) is 46.4. The third-order valence-electron chi connectivity index (χ3n) is 6.55. The van der Waals surface area contributed by atoms with Crippen LogP contribution in [0.4, 0.5) is 0 Å². The summed E-state index contributed by atoms with van der Waals surface area (Å²) in [6, 6.07) is 0. The first kappa shape index (κ1) is 12.1. The highest BCUT2D eigenvalue weighted by Gasteiger charge is 2.50. The van der Waals surface area contributed by atoms with Crippen LogP contribution >= 0.6 is 0 Å². The molecule has 2 bridgehead atoms. The van der Waals surface area contributed by atoms with Crippen molar-refractivity contribution in [2.75, 3.05) is 0 Å². The fraction of sp³-hybridized carbons (Fsp3) is 1.00.